The monoisotopic (exact) mass is 394 g/mol. The highest BCUT2D eigenvalue weighted by Gasteiger charge is 2.43. The lowest BCUT2D eigenvalue weighted by Crippen LogP contribution is -2.44. The fraction of sp³-hybridized carbons (Fsp3) is 0.765. The summed E-state index contributed by atoms with van der Waals surface area (Å²) in [5.74, 6) is -0.422. The highest BCUT2D eigenvalue weighted by molar-refractivity contribution is 6.32. The fourth-order valence-corrected chi connectivity index (χ4v) is 3.40. The molecule has 9 heteroatoms. The molecule has 26 heavy (non-hydrogen) atoms. The SMILES string of the molecule is CCN(CC)C[C@@H](C)NC(=O)[C@H](C)n1nc(C(F)(F)F)c(Cl)c1C1CC1. The molecule has 1 aromatic heterocycles. The van der Waals surface area contributed by atoms with Crippen LogP contribution >= 0.6 is 11.6 Å². The topological polar surface area (TPSA) is 50.2 Å². The Morgan fingerprint density at radius 2 is 1.92 bits per heavy atom. The maximum atomic E-state index is 13.2. The predicted octanol–water partition coefficient (Wildman–Crippen LogP) is 3.84. The molecule has 2 rings (SSSR count). The molecule has 1 amide bonds. The molecule has 0 saturated heterocycles. The zero-order chi connectivity index (χ0) is 19.6. The summed E-state index contributed by atoms with van der Waals surface area (Å²) in [4.78, 5) is 14.7. The highest BCUT2D eigenvalue weighted by Crippen LogP contribution is 2.47. The molecule has 2 atom stereocenters. The molecule has 1 heterocycles. The number of rotatable bonds is 8. The molecular weight excluding hydrogens is 369 g/mol. The number of likely N-dealkylation sites (N-methyl/N-ethyl adjacent to an activating group) is 1. The molecule has 148 valence electrons. The largest absolute Gasteiger partial charge is 0.436 e. The maximum Gasteiger partial charge on any atom is 0.436 e. The van der Waals surface area contributed by atoms with E-state index in [4.69, 9.17) is 11.6 Å². The van der Waals surface area contributed by atoms with Gasteiger partial charge in [0.05, 0.1) is 10.7 Å². The first-order chi connectivity index (χ1) is 12.1. The van der Waals surface area contributed by atoms with Crippen LogP contribution in [0, 0.1) is 0 Å². The van der Waals surface area contributed by atoms with E-state index >= 15 is 0 Å². The first-order valence-electron chi connectivity index (χ1n) is 8.97. The van der Waals surface area contributed by atoms with Crippen molar-refractivity contribution < 1.29 is 18.0 Å². The molecule has 1 fully saturated rings. The summed E-state index contributed by atoms with van der Waals surface area (Å²) in [5.41, 5.74) is -0.796. The van der Waals surface area contributed by atoms with Gasteiger partial charge < -0.3 is 10.2 Å². The van der Waals surface area contributed by atoms with Gasteiger partial charge in [0.2, 0.25) is 5.91 Å². The van der Waals surface area contributed by atoms with E-state index in [0.717, 1.165) is 30.6 Å². The number of nitrogens with one attached hydrogen (secondary N) is 1. The number of halogens is 4. The molecule has 1 aliphatic carbocycles. The number of carbonyl (C=O) groups is 1. The van der Waals surface area contributed by atoms with E-state index in [0.29, 0.717) is 12.2 Å². The molecule has 1 aliphatic rings. The molecular formula is C17H26ClF3N4O. The van der Waals surface area contributed by atoms with Crippen molar-refractivity contribution in [2.75, 3.05) is 19.6 Å². The van der Waals surface area contributed by atoms with Gasteiger partial charge in [-0.1, -0.05) is 25.4 Å². The van der Waals surface area contributed by atoms with Gasteiger partial charge in [-0.15, -0.1) is 0 Å². The van der Waals surface area contributed by atoms with Gasteiger partial charge in [-0.25, -0.2) is 0 Å². The minimum atomic E-state index is -4.64. The number of aromatic nitrogens is 2. The van der Waals surface area contributed by atoms with Gasteiger partial charge >= 0.3 is 6.18 Å². The third-order valence-corrected chi connectivity index (χ3v) is 5.05. The summed E-state index contributed by atoms with van der Waals surface area (Å²) < 4.78 is 40.6. The van der Waals surface area contributed by atoms with Crippen molar-refractivity contribution in [3.05, 3.63) is 16.4 Å². The van der Waals surface area contributed by atoms with E-state index in [1.54, 1.807) is 6.92 Å². The third kappa shape index (κ3) is 4.71. The Morgan fingerprint density at radius 3 is 2.38 bits per heavy atom. The van der Waals surface area contributed by atoms with Crippen molar-refractivity contribution >= 4 is 17.5 Å². The Labute approximate surface area is 156 Å². The van der Waals surface area contributed by atoms with Gasteiger partial charge in [0.15, 0.2) is 5.69 Å². The van der Waals surface area contributed by atoms with Crippen molar-refractivity contribution in [1.82, 2.24) is 20.0 Å². The Morgan fingerprint density at radius 1 is 1.35 bits per heavy atom. The Balaban J connectivity index is 2.18. The van der Waals surface area contributed by atoms with E-state index < -0.39 is 17.9 Å². The van der Waals surface area contributed by atoms with Crippen LogP contribution in [0.5, 0.6) is 0 Å². The summed E-state index contributed by atoms with van der Waals surface area (Å²) in [6.45, 7) is 9.90. The molecule has 0 bridgehead atoms. The average Bonchev–Trinajstić information content (AvgIpc) is 3.33. The second-order valence-electron chi connectivity index (χ2n) is 6.84. The normalized spacial score (nSPS) is 17.4. The Kier molecular flexibility index (Phi) is 6.60. The van der Waals surface area contributed by atoms with Gasteiger partial charge in [-0.05, 0) is 39.8 Å². The molecule has 1 saturated carbocycles. The second-order valence-corrected chi connectivity index (χ2v) is 7.21. The van der Waals surface area contributed by atoms with Crippen molar-refractivity contribution in [1.29, 1.82) is 0 Å². The number of hydrogen-bond acceptors (Lipinski definition) is 3. The van der Waals surface area contributed by atoms with E-state index in [2.05, 4.69) is 15.3 Å². The molecule has 1 N–H and O–H groups in total. The van der Waals surface area contributed by atoms with Crippen LogP contribution in [0.2, 0.25) is 5.02 Å². The van der Waals surface area contributed by atoms with Gasteiger partial charge in [-0.3, -0.25) is 9.48 Å². The van der Waals surface area contributed by atoms with Crippen LogP contribution in [0.1, 0.15) is 63.9 Å². The van der Waals surface area contributed by atoms with Crippen LogP contribution in [-0.4, -0.2) is 46.3 Å². The van der Waals surface area contributed by atoms with Crippen molar-refractivity contribution in [2.45, 2.75) is 64.7 Å². The average molecular weight is 395 g/mol. The van der Waals surface area contributed by atoms with Gasteiger partial charge in [0.1, 0.15) is 6.04 Å². The lowest BCUT2D eigenvalue weighted by atomic mass is 10.2. The maximum absolute atomic E-state index is 13.2. The molecule has 0 spiro atoms. The number of nitrogens with zero attached hydrogens (tertiary/aromatic N) is 3. The molecule has 5 nitrogen and oxygen atoms in total. The Bertz CT molecular complexity index is 639. The van der Waals surface area contributed by atoms with Gasteiger partial charge in [0, 0.05) is 18.5 Å². The van der Waals surface area contributed by atoms with Crippen molar-refractivity contribution in [3.63, 3.8) is 0 Å². The van der Waals surface area contributed by atoms with Crippen LogP contribution in [0.3, 0.4) is 0 Å². The van der Waals surface area contributed by atoms with Gasteiger partial charge in [-0.2, -0.15) is 18.3 Å². The first-order valence-corrected chi connectivity index (χ1v) is 9.35. The van der Waals surface area contributed by atoms with Gasteiger partial charge in [0.25, 0.3) is 0 Å². The van der Waals surface area contributed by atoms with Crippen LogP contribution < -0.4 is 5.32 Å². The molecule has 0 aromatic carbocycles. The highest BCUT2D eigenvalue weighted by atomic mass is 35.5. The molecule has 0 unspecified atom stereocenters. The number of amides is 1. The number of carbonyl (C=O) groups excluding carboxylic acids is 1. The summed E-state index contributed by atoms with van der Waals surface area (Å²) >= 11 is 5.97. The second kappa shape index (κ2) is 8.17. The predicted molar refractivity (Wildman–Crippen MR) is 94.3 cm³/mol. The van der Waals surface area contributed by atoms with E-state index in [1.807, 2.05) is 20.8 Å². The fourth-order valence-electron chi connectivity index (χ4n) is 3.02. The summed E-state index contributed by atoms with van der Waals surface area (Å²) in [6.07, 6.45) is -3.12. The lowest BCUT2D eigenvalue weighted by molar-refractivity contribution is -0.141. The zero-order valence-electron chi connectivity index (χ0n) is 15.5. The molecule has 0 aliphatic heterocycles. The van der Waals surface area contributed by atoms with E-state index in [9.17, 15) is 18.0 Å². The zero-order valence-corrected chi connectivity index (χ0v) is 16.3. The summed E-state index contributed by atoms with van der Waals surface area (Å²) in [5, 5.41) is 6.14. The smallest absolute Gasteiger partial charge is 0.351 e. The minimum Gasteiger partial charge on any atom is -0.351 e. The molecule has 1 aromatic rings. The summed E-state index contributed by atoms with van der Waals surface area (Å²) in [6, 6.07) is -0.985. The van der Waals surface area contributed by atoms with Crippen molar-refractivity contribution in [2.24, 2.45) is 0 Å². The Hall–Kier alpha value is -1.28. The van der Waals surface area contributed by atoms with Crippen LogP contribution in [0.15, 0.2) is 0 Å². The van der Waals surface area contributed by atoms with Crippen molar-refractivity contribution in [3.8, 4) is 0 Å². The number of hydrogen-bond donors (Lipinski definition) is 1. The van der Waals surface area contributed by atoms with Crippen LogP contribution in [-0.2, 0) is 11.0 Å². The number of alkyl halides is 3. The van der Waals surface area contributed by atoms with E-state index in [1.165, 1.54) is 0 Å². The standard InChI is InChI=1S/C17H26ClF3N4O/c1-5-24(6-2)9-10(3)22-16(26)11(4)25-14(12-7-8-12)13(18)15(23-25)17(19,20)21/h10-12H,5-9H2,1-4H3,(H,22,26)/t10-,11+/m1/s1. The minimum absolute atomic E-state index is 0.0607. The lowest BCUT2D eigenvalue weighted by Gasteiger charge is -2.25. The third-order valence-electron chi connectivity index (χ3n) is 4.68. The first kappa shape index (κ1) is 21.0. The van der Waals surface area contributed by atoms with E-state index in [-0.39, 0.29) is 22.9 Å². The summed E-state index contributed by atoms with van der Waals surface area (Å²) in [7, 11) is 0. The molecule has 0 radical (unpaired) electrons. The quantitative estimate of drug-likeness (QED) is 0.728. The van der Waals surface area contributed by atoms with Crippen LogP contribution in [0.4, 0.5) is 13.2 Å². The van der Waals surface area contributed by atoms with Crippen LogP contribution in [0.25, 0.3) is 0 Å².